The van der Waals surface area contributed by atoms with Crippen molar-refractivity contribution in [2.75, 3.05) is 4.90 Å². The number of anilines is 2. The normalized spacial score (nSPS) is 15.8. The summed E-state index contributed by atoms with van der Waals surface area (Å²) in [7, 11) is 0. The minimum Gasteiger partial charge on any atom is -0.333 e. The van der Waals surface area contributed by atoms with E-state index in [4.69, 9.17) is 15.0 Å². The molecular weight excluding hydrogens is 701 g/mol. The molecule has 0 fully saturated rings. The van der Waals surface area contributed by atoms with Gasteiger partial charge in [0.2, 0.25) is 0 Å². The highest BCUT2D eigenvalue weighted by molar-refractivity contribution is 7.19. The molecule has 0 saturated heterocycles. The molecule has 1 aliphatic carbocycles. The fourth-order valence-corrected chi connectivity index (χ4v) is 10.6. The van der Waals surface area contributed by atoms with Gasteiger partial charge in [-0.15, -0.1) is 11.3 Å². The summed E-state index contributed by atoms with van der Waals surface area (Å²) in [6, 6.07) is 60.8. The third kappa shape index (κ3) is 4.68. The van der Waals surface area contributed by atoms with Gasteiger partial charge in [-0.05, 0) is 67.7 Å². The minimum absolute atomic E-state index is 0.0785. The number of aromatic nitrogens is 3. The summed E-state index contributed by atoms with van der Waals surface area (Å²) in [5.74, 6) is 2.14. The summed E-state index contributed by atoms with van der Waals surface area (Å²) in [5, 5.41) is 8.67. The molecule has 0 amide bonds. The summed E-state index contributed by atoms with van der Waals surface area (Å²) >= 11 is 1.94. The molecule has 0 spiro atoms. The van der Waals surface area contributed by atoms with Gasteiger partial charge in [-0.25, -0.2) is 15.0 Å². The van der Waals surface area contributed by atoms with Gasteiger partial charge < -0.3 is 4.90 Å². The van der Waals surface area contributed by atoms with E-state index in [1.165, 1.54) is 64.1 Å². The van der Waals surface area contributed by atoms with Gasteiger partial charge in [0.25, 0.3) is 0 Å². The second-order valence-electron chi connectivity index (χ2n) is 14.7. The maximum absolute atomic E-state index is 5.24. The Morgan fingerprint density at radius 3 is 1.68 bits per heavy atom. The van der Waals surface area contributed by atoms with Crippen molar-refractivity contribution in [1.29, 1.82) is 0 Å². The lowest BCUT2D eigenvalue weighted by Gasteiger charge is -2.32. The molecule has 5 heteroatoms. The van der Waals surface area contributed by atoms with E-state index in [2.05, 4.69) is 151 Å². The number of fused-ring (bicyclic) bond motifs is 13. The lowest BCUT2D eigenvalue weighted by Crippen LogP contribution is -2.30. The molecule has 8 aromatic carbocycles. The van der Waals surface area contributed by atoms with Crippen LogP contribution in [-0.2, 0) is 0 Å². The van der Waals surface area contributed by atoms with Gasteiger partial charge in [0.1, 0.15) is 0 Å². The third-order valence-electron chi connectivity index (χ3n) is 11.6. The highest BCUT2D eigenvalue weighted by Crippen LogP contribution is 2.56. The summed E-state index contributed by atoms with van der Waals surface area (Å²) in [4.78, 5) is 19.6. The Labute approximate surface area is 327 Å². The first kappa shape index (κ1) is 31.4. The van der Waals surface area contributed by atoms with Gasteiger partial charge in [0.15, 0.2) is 17.5 Å². The Hall–Kier alpha value is -6.95. The van der Waals surface area contributed by atoms with Crippen molar-refractivity contribution in [3.8, 4) is 34.2 Å². The van der Waals surface area contributed by atoms with E-state index in [9.17, 15) is 0 Å². The van der Waals surface area contributed by atoms with Crippen LogP contribution in [0.25, 0.3) is 82.6 Å². The first-order valence-corrected chi connectivity index (χ1v) is 19.9. The van der Waals surface area contributed by atoms with Crippen molar-refractivity contribution >= 4 is 71.2 Å². The topological polar surface area (TPSA) is 41.9 Å². The molecule has 2 unspecified atom stereocenters. The molecule has 262 valence electrons. The van der Waals surface area contributed by atoms with E-state index in [1.807, 2.05) is 47.7 Å². The number of rotatable bonds is 4. The van der Waals surface area contributed by atoms with Crippen LogP contribution in [0.2, 0.25) is 0 Å². The molecule has 3 heterocycles. The van der Waals surface area contributed by atoms with E-state index in [-0.39, 0.29) is 12.0 Å². The fourth-order valence-electron chi connectivity index (χ4n) is 9.20. The van der Waals surface area contributed by atoms with Crippen LogP contribution in [0.15, 0.2) is 176 Å². The second-order valence-corrected chi connectivity index (χ2v) is 15.8. The van der Waals surface area contributed by atoms with Crippen LogP contribution < -0.4 is 4.90 Å². The Bertz CT molecular complexity index is 3170. The van der Waals surface area contributed by atoms with Gasteiger partial charge in [0.05, 0.1) is 11.7 Å². The molecule has 0 bridgehead atoms. The van der Waals surface area contributed by atoms with Crippen molar-refractivity contribution < 1.29 is 0 Å². The fraction of sp³-hybridized carbons (Fsp3) is 0.0392. The van der Waals surface area contributed by atoms with Crippen LogP contribution in [0.4, 0.5) is 11.4 Å². The average molecular weight is 733 g/mol. The van der Waals surface area contributed by atoms with Crippen LogP contribution in [-0.4, -0.2) is 21.0 Å². The molecule has 1 aliphatic heterocycles. The molecule has 2 aliphatic rings. The highest BCUT2D eigenvalue weighted by Gasteiger charge is 2.43. The van der Waals surface area contributed by atoms with Crippen LogP contribution in [0.1, 0.15) is 21.9 Å². The van der Waals surface area contributed by atoms with Crippen molar-refractivity contribution in [3.05, 3.63) is 192 Å². The minimum atomic E-state index is 0.0785. The number of hydrogen-bond donors (Lipinski definition) is 0. The van der Waals surface area contributed by atoms with Gasteiger partial charge in [-0.3, -0.25) is 0 Å². The molecule has 0 N–H and O–H groups in total. The molecule has 12 rings (SSSR count). The van der Waals surface area contributed by atoms with Crippen LogP contribution in [0.5, 0.6) is 0 Å². The predicted molar refractivity (Wildman–Crippen MR) is 234 cm³/mol. The van der Waals surface area contributed by atoms with E-state index in [0.717, 1.165) is 22.4 Å². The SMILES string of the molecule is C1=CC2C(c3ccccc3N2c2cc(-c3nc(-c4ccccc4)nc(-c4ccccc4)n3)cc3c4ccccc4c4ccccc4c23)c2sc3ccccc3c21. The van der Waals surface area contributed by atoms with Crippen molar-refractivity contribution in [3.63, 3.8) is 0 Å². The van der Waals surface area contributed by atoms with Gasteiger partial charge in [0, 0.05) is 43.3 Å². The number of para-hydroxylation sites is 1. The maximum Gasteiger partial charge on any atom is 0.164 e. The third-order valence-corrected chi connectivity index (χ3v) is 12.9. The molecule has 56 heavy (non-hydrogen) atoms. The number of hydrogen-bond acceptors (Lipinski definition) is 5. The largest absolute Gasteiger partial charge is 0.333 e. The Balaban J connectivity index is 1.18. The molecule has 0 saturated carbocycles. The van der Waals surface area contributed by atoms with Crippen LogP contribution in [0, 0.1) is 0 Å². The van der Waals surface area contributed by atoms with Crippen LogP contribution >= 0.6 is 11.3 Å². The van der Waals surface area contributed by atoms with E-state index >= 15 is 0 Å². The zero-order valence-corrected chi connectivity index (χ0v) is 31.0. The van der Waals surface area contributed by atoms with Gasteiger partial charge in [-0.1, -0.05) is 158 Å². The smallest absolute Gasteiger partial charge is 0.164 e. The Morgan fingerprint density at radius 1 is 0.446 bits per heavy atom. The van der Waals surface area contributed by atoms with Crippen molar-refractivity contribution in [2.24, 2.45) is 0 Å². The summed E-state index contributed by atoms with van der Waals surface area (Å²) in [6.45, 7) is 0. The van der Waals surface area contributed by atoms with Crippen molar-refractivity contribution in [1.82, 2.24) is 15.0 Å². The monoisotopic (exact) mass is 732 g/mol. The van der Waals surface area contributed by atoms with Crippen LogP contribution in [0.3, 0.4) is 0 Å². The average Bonchev–Trinajstić information content (AvgIpc) is 3.82. The predicted octanol–water partition coefficient (Wildman–Crippen LogP) is 13.2. The lowest BCUT2D eigenvalue weighted by atomic mass is 9.86. The standard InChI is InChI=1S/C51H32N4S/c1-3-15-31(16-4-1)49-52-50(32-17-5-2-6-18-32)54-51(53-49)33-29-41-36-21-8-7-19-34(36)35-20-9-10-23-38(35)46(41)44(30-33)55-42-25-13-11-24-40(42)47-43(55)28-27-39-37-22-12-14-26-45(37)56-48(39)47/h1-30,43,47H. The molecular formula is C51H32N4S. The Kier molecular flexibility index (Phi) is 6.89. The number of nitrogens with zero attached hydrogens (tertiary/aromatic N) is 4. The van der Waals surface area contributed by atoms with Gasteiger partial charge >= 0.3 is 0 Å². The first-order chi connectivity index (χ1) is 27.8. The maximum atomic E-state index is 5.24. The molecule has 2 aromatic heterocycles. The zero-order valence-electron chi connectivity index (χ0n) is 30.2. The second kappa shape index (κ2) is 12.3. The highest BCUT2D eigenvalue weighted by atomic mass is 32.1. The zero-order chi connectivity index (χ0) is 36.7. The molecule has 4 nitrogen and oxygen atoms in total. The number of thiophene rings is 1. The Morgan fingerprint density at radius 2 is 0.982 bits per heavy atom. The molecule has 2 atom stereocenters. The van der Waals surface area contributed by atoms with E-state index < -0.39 is 0 Å². The molecule has 0 radical (unpaired) electrons. The summed E-state index contributed by atoms with van der Waals surface area (Å²) < 4.78 is 1.34. The summed E-state index contributed by atoms with van der Waals surface area (Å²) in [6.07, 6.45) is 4.82. The van der Waals surface area contributed by atoms with Crippen molar-refractivity contribution in [2.45, 2.75) is 12.0 Å². The number of benzene rings is 8. The van der Waals surface area contributed by atoms with Gasteiger partial charge in [-0.2, -0.15) is 0 Å². The quantitative estimate of drug-likeness (QED) is 0.169. The van der Waals surface area contributed by atoms with E-state index in [0.29, 0.717) is 17.5 Å². The lowest BCUT2D eigenvalue weighted by molar-refractivity contribution is 0.739. The van der Waals surface area contributed by atoms with E-state index in [1.54, 1.807) is 0 Å². The summed E-state index contributed by atoms with van der Waals surface area (Å²) in [5.41, 5.74) is 7.95. The first-order valence-electron chi connectivity index (χ1n) is 19.1. The molecule has 10 aromatic rings.